The number of anilines is 1. The van der Waals surface area contributed by atoms with E-state index < -0.39 is 6.03 Å². The predicted molar refractivity (Wildman–Crippen MR) is 111 cm³/mol. The number of primary amides is 1. The molecular formula is C17H21N9O2S. The second-order valence-corrected chi connectivity index (χ2v) is 7.27. The van der Waals surface area contributed by atoms with Gasteiger partial charge in [0.2, 0.25) is 5.91 Å². The van der Waals surface area contributed by atoms with Crippen molar-refractivity contribution < 1.29 is 9.59 Å². The van der Waals surface area contributed by atoms with Crippen LogP contribution in [0.2, 0.25) is 0 Å². The molecule has 12 heteroatoms. The Kier molecular flexibility index (Phi) is 5.75. The molecule has 0 aliphatic carbocycles. The third kappa shape index (κ3) is 4.33. The van der Waals surface area contributed by atoms with Crippen molar-refractivity contribution in [3.8, 4) is 5.82 Å². The molecule has 0 atom stereocenters. The number of carbonyl (C=O) groups is 2. The van der Waals surface area contributed by atoms with Gasteiger partial charge in [0.25, 0.3) is 0 Å². The Labute approximate surface area is 169 Å². The number of H-pyrrole nitrogens is 1. The van der Waals surface area contributed by atoms with Gasteiger partial charge in [-0.25, -0.2) is 14.8 Å². The summed E-state index contributed by atoms with van der Waals surface area (Å²) in [6.07, 6.45) is 5.24. The molecule has 0 unspecified atom stereocenters. The number of allylic oxidation sites excluding steroid dienone is 4. The molecule has 0 saturated heterocycles. The summed E-state index contributed by atoms with van der Waals surface area (Å²) in [5.41, 5.74) is 14.4. The Hall–Kier alpha value is -3.51. The number of aromatic amines is 1. The Morgan fingerprint density at radius 3 is 2.79 bits per heavy atom. The highest BCUT2D eigenvalue weighted by Gasteiger charge is 2.17. The summed E-state index contributed by atoms with van der Waals surface area (Å²) in [4.78, 5) is 31.0. The SMILES string of the molecule is C/C(=C\C(C)=C(/C)c1cncn1-c1n[nH]c2nc(NC(N)=O)sc12)NC(=O)CN. The van der Waals surface area contributed by atoms with Crippen LogP contribution in [0.1, 0.15) is 26.5 Å². The molecule has 0 bridgehead atoms. The molecule has 3 aromatic rings. The van der Waals surface area contributed by atoms with Crippen LogP contribution in [0.15, 0.2) is 29.9 Å². The molecule has 0 saturated carbocycles. The first-order valence-electron chi connectivity index (χ1n) is 8.60. The minimum atomic E-state index is -0.683. The molecule has 0 aromatic carbocycles. The van der Waals surface area contributed by atoms with Crippen molar-refractivity contribution in [3.05, 3.63) is 35.6 Å². The topological polar surface area (TPSA) is 170 Å². The zero-order chi connectivity index (χ0) is 21.1. The van der Waals surface area contributed by atoms with E-state index in [1.54, 1.807) is 19.4 Å². The number of nitrogens with zero attached hydrogens (tertiary/aromatic N) is 4. The predicted octanol–water partition coefficient (Wildman–Crippen LogP) is 1.47. The molecule has 11 nitrogen and oxygen atoms in total. The summed E-state index contributed by atoms with van der Waals surface area (Å²) in [7, 11) is 0. The minimum absolute atomic E-state index is 0.0731. The van der Waals surface area contributed by atoms with Gasteiger partial charge >= 0.3 is 6.03 Å². The van der Waals surface area contributed by atoms with E-state index in [4.69, 9.17) is 11.5 Å². The zero-order valence-electron chi connectivity index (χ0n) is 16.1. The lowest BCUT2D eigenvalue weighted by Crippen LogP contribution is -2.28. The number of thiazole rings is 1. The number of nitrogens with one attached hydrogen (secondary N) is 3. The van der Waals surface area contributed by atoms with E-state index >= 15 is 0 Å². The van der Waals surface area contributed by atoms with E-state index in [1.807, 2.05) is 24.5 Å². The van der Waals surface area contributed by atoms with Crippen molar-refractivity contribution in [2.45, 2.75) is 20.8 Å². The van der Waals surface area contributed by atoms with Crippen molar-refractivity contribution in [2.24, 2.45) is 11.5 Å². The summed E-state index contributed by atoms with van der Waals surface area (Å²) < 4.78 is 2.58. The van der Waals surface area contributed by atoms with Gasteiger partial charge in [0.05, 0.1) is 18.4 Å². The van der Waals surface area contributed by atoms with Gasteiger partial charge in [-0.1, -0.05) is 11.3 Å². The van der Waals surface area contributed by atoms with Crippen LogP contribution in [0.3, 0.4) is 0 Å². The number of carbonyl (C=O) groups excluding carboxylic acids is 2. The van der Waals surface area contributed by atoms with Gasteiger partial charge in [0.15, 0.2) is 16.6 Å². The van der Waals surface area contributed by atoms with E-state index in [9.17, 15) is 9.59 Å². The number of rotatable bonds is 6. The Bertz CT molecular complexity index is 1140. The highest BCUT2D eigenvalue weighted by Crippen LogP contribution is 2.31. The van der Waals surface area contributed by atoms with Crippen LogP contribution >= 0.6 is 11.3 Å². The molecule has 7 N–H and O–H groups in total. The summed E-state index contributed by atoms with van der Waals surface area (Å²) >= 11 is 1.25. The monoisotopic (exact) mass is 415 g/mol. The van der Waals surface area contributed by atoms with Crippen LogP contribution in [0.4, 0.5) is 9.93 Å². The average molecular weight is 415 g/mol. The maximum Gasteiger partial charge on any atom is 0.318 e. The maximum atomic E-state index is 11.4. The molecule has 3 aromatic heterocycles. The van der Waals surface area contributed by atoms with Crippen LogP contribution in [0.25, 0.3) is 21.7 Å². The lowest BCUT2D eigenvalue weighted by atomic mass is 10.1. The zero-order valence-corrected chi connectivity index (χ0v) is 16.9. The molecule has 0 aliphatic rings. The number of urea groups is 1. The first kappa shape index (κ1) is 20.2. The van der Waals surface area contributed by atoms with Crippen LogP contribution in [0, 0.1) is 0 Å². The molecule has 3 rings (SSSR count). The molecule has 0 aliphatic heterocycles. The number of aromatic nitrogens is 5. The van der Waals surface area contributed by atoms with Crippen LogP contribution in [0.5, 0.6) is 0 Å². The molecule has 0 spiro atoms. The normalized spacial score (nSPS) is 12.8. The van der Waals surface area contributed by atoms with Gasteiger partial charge in [-0.3, -0.25) is 19.8 Å². The third-order valence-electron chi connectivity index (χ3n) is 4.13. The van der Waals surface area contributed by atoms with E-state index in [1.165, 1.54) is 11.3 Å². The Morgan fingerprint density at radius 2 is 2.10 bits per heavy atom. The molecular weight excluding hydrogens is 394 g/mol. The van der Waals surface area contributed by atoms with Gasteiger partial charge in [-0.05, 0) is 38.0 Å². The van der Waals surface area contributed by atoms with E-state index in [0.717, 1.165) is 21.5 Å². The number of hydrogen-bond donors (Lipinski definition) is 5. The third-order valence-corrected chi connectivity index (χ3v) is 5.09. The lowest BCUT2D eigenvalue weighted by Gasteiger charge is -2.09. The van der Waals surface area contributed by atoms with E-state index in [0.29, 0.717) is 22.3 Å². The van der Waals surface area contributed by atoms with Crippen molar-refractivity contribution in [3.63, 3.8) is 0 Å². The first-order valence-corrected chi connectivity index (χ1v) is 9.42. The van der Waals surface area contributed by atoms with E-state index in [-0.39, 0.29) is 12.5 Å². The van der Waals surface area contributed by atoms with Crippen molar-refractivity contribution >= 4 is 44.3 Å². The van der Waals surface area contributed by atoms with Crippen LogP contribution < -0.4 is 22.1 Å². The van der Waals surface area contributed by atoms with Crippen molar-refractivity contribution in [1.29, 1.82) is 0 Å². The molecule has 0 fully saturated rings. The summed E-state index contributed by atoms with van der Waals surface area (Å²) in [5, 5.41) is 12.7. The number of hydrogen-bond acceptors (Lipinski definition) is 7. The fourth-order valence-corrected chi connectivity index (χ4v) is 3.61. The fourth-order valence-electron chi connectivity index (χ4n) is 2.71. The average Bonchev–Trinajstić information content (AvgIpc) is 3.35. The smallest absolute Gasteiger partial charge is 0.318 e. The number of nitrogens with two attached hydrogens (primary N) is 2. The maximum absolute atomic E-state index is 11.4. The van der Waals surface area contributed by atoms with Crippen molar-refractivity contribution in [2.75, 3.05) is 11.9 Å². The second-order valence-electron chi connectivity index (χ2n) is 6.27. The summed E-state index contributed by atoms with van der Waals surface area (Å²) in [6.45, 7) is 5.61. The van der Waals surface area contributed by atoms with Crippen molar-refractivity contribution in [1.82, 2.24) is 30.0 Å². The van der Waals surface area contributed by atoms with Gasteiger partial charge < -0.3 is 16.8 Å². The fraction of sp³-hybridized carbons (Fsp3) is 0.235. The largest absolute Gasteiger partial charge is 0.351 e. The molecule has 3 heterocycles. The van der Waals surface area contributed by atoms with Crippen LogP contribution in [-0.4, -0.2) is 43.2 Å². The standard InChI is InChI=1S/C17H21N9O2S/c1-8(4-9(2)21-12(27)5-18)10(3)11-6-20-7-26(11)15-13-14(24-25-15)22-17(29-13)23-16(19)28/h4,6-7H,5,18H2,1-3H3,(H,21,27)(H4,19,22,23,24,25,28)/b9-4+,10-8+. The quantitative estimate of drug-likeness (QED) is 0.382. The first-order chi connectivity index (χ1) is 13.8. The van der Waals surface area contributed by atoms with Gasteiger partial charge in [0, 0.05) is 5.70 Å². The number of amides is 3. The molecule has 3 amide bonds. The molecule has 0 radical (unpaired) electrons. The highest BCUT2D eigenvalue weighted by molar-refractivity contribution is 7.22. The highest BCUT2D eigenvalue weighted by atomic mass is 32.1. The number of fused-ring (bicyclic) bond motifs is 1. The van der Waals surface area contributed by atoms with Gasteiger partial charge in [0.1, 0.15) is 11.0 Å². The lowest BCUT2D eigenvalue weighted by molar-refractivity contribution is -0.119. The Balaban J connectivity index is 1.97. The molecule has 152 valence electrons. The minimum Gasteiger partial charge on any atom is -0.351 e. The van der Waals surface area contributed by atoms with Gasteiger partial charge in [-0.2, -0.15) is 5.10 Å². The van der Waals surface area contributed by atoms with E-state index in [2.05, 4.69) is 30.8 Å². The molecule has 29 heavy (non-hydrogen) atoms. The van der Waals surface area contributed by atoms with Crippen LogP contribution in [-0.2, 0) is 4.79 Å². The summed E-state index contributed by atoms with van der Waals surface area (Å²) in [6, 6.07) is -0.683. The second kappa shape index (κ2) is 8.24. The Morgan fingerprint density at radius 1 is 1.34 bits per heavy atom. The van der Waals surface area contributed by atoms with Gasteiger partial charge in [-0.15, -0.1) is 0 Å². The number of imidazole rings is 1. The summed E-state index contributed by atoms with van der Waals surface area (Å²) in [5.74, 6) is 0.352.